The quantitative estimate of drug-likeness (QED) is 0.657. The van der Waals surface area contributed by atoms with Gasteiger partial charge in [-0.15, -0.1) is 0 Å². The second-order valence-electron chi connectivity index (χ2n) is 7.34. The molecule has 2 aromatic carbocycles. The Morgan fingerprint density at radius 3 is 2.29 bits per heavy atom. The van der Waals surface area contributed by atoms with E-state index >= 15 is 0 Å². The van der Waals surface area contributed by atoms with Crippen LogP contribution in [0.4, 0.5) is 0 Å². The van der Waals surface area contributed by atoms with Crippen molar-refractivity contribution in [3.8, 4) is 5.88 Å². The molecule has 0 aliphatic heterocycles. The molecule has 0 unspecified atom stereocenters. The highest BCUT2D eigenvalue weighted by Crippen LogP contribution is 2.41. The zero-order valence-electron chi connectivity index (χ0n) is 15.9. The van der Waals surface area contributed by atoms with Crippen LogP contribution in [0.25, 0.3) is 0 Å². The van der Waals surface area contributed by atoms with E-state index in [-0.39, 0.29) is 17.8 Å². The summed E-state index contributed by atoms with van der Waals surface area (Å²) in [6, 6.07) is 19.7. The number of aryl methyl sites for hydroxylation is 1. The van der Waals surface area contributed by atoms with Crippen LogP contribution in [0.1, 0.15) is 47.3 Å². The topological polar surface area (TPSA) is 66.6 Å². The average molecular weight is 376 g/mol. The molecule has 1 N–H and O–H groups in total. The van der Waals surface area contributed by atoms with E-state index in [1.807, 2.05) is 43.4 Å². The number of likely N-dealkylation sites (N-methyl/N-ethyl adjacent to an activating group) is 1. The fourth-order valence-electron chi connectivity index (χ4n) is 4.37. The van der Waals surface area contributed by atoms with E-state index in [9.17, 15) is 9.90 Å². The van der Waals surface area contributed by atoms with Gasteiger partial charge in [0, 0.05) is 18.4 Å². The maximum absolute atomic E-state index is 12.4. The number of hydrogen-bond acceptors (Lipinski definition) is 5. The molecule has 5 nitrogen and oxygen atoms in total. The summed E-state index contributed by atoms with van der Waals surface area (Å²) in [6.07, 6.45) is 3.56. The number of rotatable bonds is 6. The highest BCUT2D eigenvalue weighted by atomic mass is 16.5. The Labute approximate surface area is 164 Å². The third-order valence-electron chi connectivity index (χ3n) is 5.76. The van der Waals surface area contributed by atoms with E-state index in [1.165, 1.54) is 0 Å². The van der Waals surface area contributed by atoms with Crippen LogP contribution in [-0.4, -0.2) is 34.5 Å². The van der Waals surface area contributed by atoms with Gasteiger partial charge in [-0.05, 0) is 36.2 Å². The molecular weight excluding hydrogens is 352 g/mol. The first-order valence-corrected chi connectivity index (χ1v) is 9.65. The molecule has 3 aromatic rings. The molecule has 1 aromatic heterocycles. The van der Waals surface area contributed by atoms with Crippen LogP contribution in [-0.2, 0) is 11.2 Å². The van der Waals surface area contributed by atoms with Gasteiger partial charge in [-0.2, -0.15) is 0 Å². The monoisotopic (exact) mass is 376 g/mol. The molecule has 1 heterocycles. The number of nitrogens with zero attached hydrogens (tertiary/aromatic N) is 2. The van der Waals surface area contributed by atoms with E-state index < -0.39 is 6.04 Å². The van der Waals surface area contributed by atoms with E-state index in [1.54, 1.807) is 0 Å². The van der Waals surface area contributed by atoms with Gasteiger partial charge >= 0.3 is 0 Å². The molecular formula is C23H24N2O3. The molecule has 0 spiro atoms. The molecule has 1 aliphatic rings. The largest absolute Gasteiger partial charge is 0.491 e. The van der Waals surface area contributed by atoms with Gasteiger partial charge in [0.25, 0.3) is 5.88 Å². The minimum atomic E-state index is -0.393. The standard InChI is InChI=1S/C23H24N2O3/c1-25(18-13-8-14-20-22(18)23(27)24-28-20)19(15-26)21(16-9-4-2-5-10-16)17-11-6-3-7-12-17/h2-7,9-12,15,18-19,21H,8,13-14H2,1H3,(H,24,27)/t18-,19-/m0/s1. The van der Waals surface area contributed by atoms with Gasteiger partial charge in [0.05, 0.1) is 11.6 Å². The normalized spacial score (nSPS) is 17.5. The van der Waals surface area contributed by atoms with Crippen molar-refractivity contribution in [3.05, 3.63) is 83.1 Å². The summed E-state index contributed by atoms with van der Waals surface area (Å²) >= 11 is 0. The molecule has 0 bridgehead atoms. The number of aromatic hydroxyl groups is 1. The highest BCUT2D eigenvalue weighted by molar-refractivity contribution is 5.62. The lowest BCUT2D eigenvalue weighted by Crippen LogP contribution is -2.42. The predicted octanol–water partition coefficient (Wildman–Crippen LogP) is 4.09. The van der Waals surface area contributed by atoms with Crippen molar-refractivity contribution in [2.24, 2.45) is 0 Å². The second kappa shape index (κ2) is 7.98. The molecule has 0 saturated carbocycles. The summed E-state index contributed by atoms with van der Waals surface area (Å²) in [5.74, 6) is 0.547. The maximum atomic E-state index is 12.4. The Morgan fingerprint density at radius 2 is 1.71 bits per heavy atom. The predicted molar refractivity (Wildman–Crippen MR) is 106 cm³/mol. The van der Waals surface area contributed by atoms with Crippen molar-refractivity contribution in [3.63, 3.8) is 0 Å². The summed E-state index contributed by atoms with van der Waals surface area (Å²) in [7, 11) is 1.95. The zero-order valence-corrected chi connectivity index (χ0v) is 15.9. The molecule has 0 saturated heterocycles. The van der Waals surface area contributed by atoms with E-state index in [2.05, 4.69) is 34.3 Å². The van der Waals surface area contributed by atoms with Gasteiger partial charge in [-0.3, -0.25) is 4.90 Å². The number of aldehydes is 1. The van der Waals surface area contributed by atoms with Gasteiger partial charge in [-0.25, -0.2) is 0 Å². The number of carbonyl (C=O) groups is 1. The van der Waals surface area contributed by atoms with Crippen LogP contribution in [0.2, 0.25) is 0 Å². The fourth-order valence-corrected chi connectivity index (χ4v) is 4.37. The lowest BCUT2D eigenvalue weighted by molar-refractivity contribution is -0.113. The summed E-state index contributed by atoms with van der Waals surface area (Å²) in [5.41, 5.74) is 2.90. The summed E-state index contributed by atoms with van der Waals surface area (Å²) in [4.78, 5) is 14.4. The second-order valence-corrected chi connectivity index (χ2v) is 7.34. The lowest BCUT2D eigenvalue weighted by atomic mass is 9.83. The van der Waals surface area contributed by atoms with Crippen LogP contribution in [0.15, 0.2) is 65.2 Å². The first-order valence-electron chi connectivity index (χ1n) is 9.65. The Kier molecular flexibility index (Phi) is 5.26. The Bertz CT molecular complexity index is 884. The SMILES string of the molecule is CN([C@H]1CCCc2onc(O)c21)[C@@H](C=O)C(c1ccccc1)c1ccccc1. The van der Waals surface area contributed by atoms with Crippen LogP contribution < -0.4 is 0 Å². The first kappa shape index (κ1) is 18.4. The number of benzene rings is 2. The summed E-state index contributed by atoms with van der Waals surface area (Å²) in [6.45, 7) is 0. The summed E-state index contributed by atoms with van der Waals surface area (Å²) < 4.78 is 5.30. The molecule has 0 fully saturated rings. The molecule has 2 atom stereocenters. The number of hydrogen-bond donors (Lipinski definition) is 1. The van der Waals surface area contributed by atoms with Crippen LogP contribution in [0.3, 0.4) is 0 Å². The zero-order chi connectivity index (χ0) is 19.5. The Morgan fingerprint density at radius 1 is 1.11 bits per heavy atom. The lowest BCUT2D eigenvalue weighted by Gasteiger charge is -2.38. The van der Waals surface area contributed by atoms with E-state index in [0.717, 1.165) is 48.0 Å². The smallest absolute Gasteiger partial charge is 0.256 e. The summed E-state index contributed by atoms with van der Waals surface area (Å²) in [5, 5.41) is 14.0. The number of fused-ring (bicyclic) bond motifs is 1. The van der Waals surface area contributed by atoms with Gasteiger partial charge in [0.15, 0.2) is 0 Å². The number of carbonyl (C=O) groups excluding carboxylic acids is 1. The van der Waals surface area contributed by atoms with Crippen molar-refractivity contribution in [1.29, 1.82) is 0 Å². The Balaban J connectivity index is 1.75. The van der Waals surface area contributed by atoms with Crippen LogP contribution >= 0.6 is 0 Å². The third-order valence-corrected chi connectivity index (χ3v) is 5.76. The van der Waals surface area contributed by atoms with Crippen molar-refractivity contribution in [2.75, 3.05) is 7.05 Å². The van der Waals surface area contributed by atoms with Crippen molar-refractivity contribution in [1.82, 2.24) is 10.1 Å². The van der Waals surface area contributed by atoms with Crippen LogP contribution in [0, 0.1) is 0 Å². The highest BCUT2D eigenvalue weighted by Gasteiger charge is 2.37. The molecule has 0 radical (unpaired) electrons. The molecule has 0 amide bonds. The third kappa shape index (κ3) is 3.34. The van der Waals surface area contributed by atoms with Gasteiger partial charge < -0.3 is 14.4 Å². The van der Waals surface area contributed by atoms with E-state index in [0.29, 0.717) is 0 Å². The van der Waals surface area contributed by atoms with Gasteiger partial charge in [0.2, 0.25) is 0 Å². The van der Waals surface area contributed by atoms with E-state index in [4.69, 9.17) is 4.52 Å². The maximum Gasteiger partial charge on any atom is 0.256 e. The van der Waals surface area contributed by atoms with Crippen molar-refractivity contribution < 1.29 is 14.4 Å². The molecule has 144 valence electrons. The van der Waals surface area contributed by atoms with Crippen molar-refractivity contribution >= 4 is 6.29 Å². The van der Waals surface area contributed by atoms with Gasteiger partial charge in [-0.1, -0.05) is 60.7 Å². The molecule has 1 aliphatic carbocycles. The number of aromatic nitrogens is 1. The molecule has 4 rings (SSSR count). The minimum absolute atomic E-state index is 0.0628. The van der Waals surface area contributed by atoms with Gasteiger partial charge in [0.1, 0.15) is 12.0 Å². The Hall–Kier alpha value is -2.92. The average Bonchev–Trinajstić information content (AvgIpc) is 3.14. The minimum Gasteiger partial charge on any atom is -0.491 e. The molecule has 5 heteroatoms. The fraction of sp³-hybridized carbons (Fsp3) is 0.304. The first-order chi connectivity index (χ1) is 13.7. The molecule has 28 heavy (non-hydrogen) atoms. The van der Waals surface area contributed by atoms with Crippen LogP contribution in [0.5, 0.6) is 5.88 Å². The van der Waals surface area contributed by atoms with Crippen molar-refractivity contribution in [2.45, 2.75) is 37.3 Å².